The van der Waals surface area contributed by atoms with E-state index in [9.17, 15) is 18.4 Å². The molecular formula is C16H10ClF3N6. The van der Waals surface area contributed by atoms with Crippen molar-refractivity contribution in [2.45, 2.75) is 6.18 Å². The van der Waals surface area contributed by atoms with Crippen molar-refractivity contribution in [1.29, 1.82) is 5.26 Å². The molecule has 0 saturated carbocycles. The molecule has 0 amide bonds. The van der Waals surface area contributed by atoms with Gasteiger partial charge < -0.3 is 0 Å². The number of rotatable bonds is 3. The van der Waals surface area contributed by atoms with Crippen LogP contribution in [0.3, 0.4) is 0 Å². The van der Waals surface area contributed by atoms with Crippen molar-refractivity contribution in [3.63, 3.8) is 0 Å². The largest absolute Gasteiger partial charge is 0.435 e. The van der Waals surface area contributed by atoms with Gasteiger partial charge in [0.1, 0.15) is 16.9 Å². The van der Waals surface area contributed by atoms with E-state index in [1.165, 1.54) is 17.8 Å². The maximum absolute atomic E-state index is 13.1. The molecule has 0 fully saturated rings. The number of aromatic nitrogens is 5. The minimum atomic E-state index is -4.70. The predicted octanol–water partition coefficient (Wildman–Crippen LogP) is 3.74. The van der Waals surface area contributed by atoms with Gasteiger partial charge in [-0.3, -0.25) is 4.68 Å². The number of nitriles is 1. The minimum Gasteiger partial charge on any atom is -0.256 e. The number of aryl methyl sites for hydroxylation is 1. The molecule has 0 aliphatic rings. The summed E-state index contributed by atoms with van der Waals surface area (Å²) >= 11 is 5.92. The first-order chi connectivity index (χ1) is 12.3. The maximum Gasteiger partial charge on any atom is 0.435 e. The lowest BCUT2D eigenvalue weighted by molar-refractivity contribution is -0.141. The Morgan fingerprint density at radius 3 is 2.65 bits per heavy atom. The molecular weight excluding hydrogens is 369 g/mol. The van der Waals surface area contributed by atoms with E-state index in [2.05, 4.69) is 15.2 Å². The van der Waals surface area contributed by atoms with Crippen LogP contribution in [-0.4, -0.2) is 24.5 Å². The molecule has 0 saturated heterocycles. The van der Waals surface area contributed by atoms with E-state index in [1.807, 2.05) is 6.07 Å². The molecule has 6 nitrogen and oxygen atoms in total. The van der Waals surface area contributed by atoms with Gasteiger partial charge in [-0.25, -0.2) is 9.67 Å². The van der Waals surface area contributed by atoms with E-state index >= 15 is 0 Å². The summed E-state index contributed by atoms with van der Waals surface area (Å²) in [5, 5.41) is 16.7. The molecule has 0 atom stereocenters. The Bertz CT molecular complexity index is 1010. The van der Waals surface area contributed by atoms with Crippen molar-refractivity contribution >= 4 is 23.3 Å². The van der Waals surface area contributed by atoms with Crippen LogP contribution in [0.15, 0.2) is 36.7 Å². The van der Waals surface area contributed by atoms with Gasteiger partial charge in [0.25, 0.3) is 0 Å². The number of nitrogens with zero attached hydrogens (tertiary/aromatic N) is 6. The van der Waals surface area contributed by atoms with Crippen molar-refractivity contribution in [3.05, 3.63) is 58.8 Å². The van der Waals surface area contributed by atoms with Crippen LogP contribution >= 0.6 is 11.6 Å². The van der Waals surface area contributed by atoms with E-state index in [4.69, 9.17) is 11.6 Å². The number of pyridine rings is 1. The molecule has 0 aliphatic heterocycles. The lowest BCUT2D eigenvalue weighted by Crippen LogP contribution is -2.08. The van der Waals surface area contributed by atoms with E-state index in [0.717, 1.165) is 10.8 Å². The van der Waals surface area contributed by atoms with Gasteiger partial charge >= 0.3 is 6.18 Å². The van der Waals surface area contributed by atoms with Crippen molar-refractivity contribution in [2.75, 3.05) is 0 Å². The normalized spacial score (nSPS) is 12.2. The van der Waals surface area contributed by atoms with Crippen LogP contribution in [0.25, 0.3) is 17.5 Å². The maximum atomic E-state index is 13.1. The number of alkyl halides is 3. The summed E-state index contributed by atoms with van der Waals surface area (Å²) in [5.74, 6) is 0.506. The van der Waals surface area contributed by atoms with Gasteiger partial charge in [-0.05, 0) is 24.3 Å². The number of hydrogen-bond donors (Lipinski definition) is 0. The summed E-state index contributed by atoms with van der Waals surface area (Å²) in [6.07, 6.45) is -0.547. The summed E-state index contributed by atoms with van der Waals surface area (Å²) in [4.78, 5) is 4.11. The third-order valence-electron chi connectivity index (χ3n) is 3.44. The van der Waals surface area contributed by atoms with Crippen molar-refractivity contribution in [3.8, 4) is 11.9 Å². The average Bonchev–Trinajstić information content (AvgIpc) is 3.20. The fourth-order valence-corrected chi connectivity index (χ4v) is 2.43. The van der Waals surface area contributed by atoms with E-state index in [1.54, 1.807) is 30.6 Å². The van der Waals surface area contributed by atoms with Gasteiger partial charge in [-0.2, -0.15) is 28.6 Å². The highest BCUT2D eigenvalue weighted by molar-refractivity contribution is 6.31. The average molecular weight is 379 g/mol. The fourth-order valence-electron chi connectivity index (χ4n) is 2.25. The highest BCUT2D eigenvalue weighted by Gasteiger charge is 2.38. The van der Waals surface area contributed by atoms with E-state index in [-0.39, 0.29) is 22.0 Å². The fraction of sp³-hybridized carbons (Fsp3) is 0.125. The summed E-state index contributed by atoms with van der Waals surface area (Å²) in [5.41, 5.74) is -1.45. The van der Waals surface area contributed by atoms with Gasteiger partial charge in [-0.15, -0.1) is 0 Å². The zero-order valence-corrected chi connectivity index (χ0v) is 14.0. The van der Waals surface area contributed by atoms with Gasteiger partial charge in [0.2, 0.25) is 0 Å². The van der Waals surface area contributed by atoms with Crippen LogP contribution in [0.1, 0.15) is 17.0 Å². The Morgan fingerprint density at radius 1 is 1.27 bits per heavy atom. The Labute approximate surface area is 150 Å². The van der Waals surface area contributed by atoms with Gasteiger partial charge in [-0.1, -0.05) is 17.7 Å². The molecule has 0 bridgehead atoms. The van der Waals surface area contributed by atoms with Crippen LogP contribution in [0.5, 0.6) is 0 Å². The van der Waals surface area contributed by atoms with Crippen LogP contribution in [0, 0.1) is 11.3 Å². The second-order valence-corrected chi connectivity index (χ2v) is 5.54. The molecule has 3 rings (SSSR count). The zero-order chi connectivity index (χ0) is 18.9. The molecule has 0 unspecified atom stereocenters. The third kappa shape index (κ3) is 3.32. The van der Waals surface area contributed by atoms with E-state index < -0.39 is 11.9 Å². The Morgan fingerprint density at radius 2 is 2.04 bits per heavy atom. The van der Waals surface area contributed by atoms with Gasteiger partial charge in [0.15, 0.2) is 11.5 Å². The first-order valence-electron chi connectivity index (χ1n) is 7.20. The number of allylic oxidation sites excluding steroid dienone is 1. The van der Waals surface area contributed by atoms with Crippen LogP contribution in [-0.2, 0) is 13.2 Å². The second kappa shape index (κ2) is 6.65. The second-order valence-electron chi connectivity index (χ2n) is 5.18. The number of hydrogen-bond acceptors (Lipinski definition) is 4. The lowest BCUT2D eigenvalue weighted by atomic mass is 10.1. The molecule has 10 heteroatoms. The van der Waals surface area contributed by atoms with E-state index in [0.29, 0.717) is 5.82 Å². The Kier molecular flexibility index (Phi) is 4.52. The van der Waals surface area contributed by atoms with Gasteiger partial charge in [0.05, 0.1) is 5.57 Å². The molecule has 0 aliphatic carbocycles. The van der Waals surface area contributed by atoms with Crippen molar-refractivity contribution < 1.29 is 13.2 Å². The smallest absolute Gasteiger partial charge is 0.256 e. The van der Waals surface area contributed by atoms with Crippen LogP contribution in [0.4, 0.5) is 13.2 Å². The predicted molar refractivity (Wildman–Crippen MR) is 88.1 cm³/mol. The summed E-state index contributed by atoms with van der Waals surface area (Å²) in [7, 11) is 1.29. The summed E-state index contributed by atoms with van der Waals surface area (Å²) in [6, 6.07) is 8.54. The first-order valence-corrected chi connectivity index (χ1v) is 7.58. The number of halogens is 4. The molecule has 0 aromatic carbocycles. The SMILES string of the molecule is Cn1nc(C(F)(F)F)c(/C=C(\C#N)c2ccn(-c3ccccn3)n2)c1Cl. The monoisotopic (exact) mass is 378 g/mol. The molecule has 132 valence electrons. The quantitative estimate of drug-likeness (QED) is 0.651. The molecule has 0 N–H and O–H groups in total. The van der Waals surface area contributed by atoms with Crippen molar-refractivity contribution in [1.82, 2.24) is 24.5 Å². The minimum absolute atomic E-state index is 0.0833. The zero-order valence-electron chi connectivity index (χ0n) is 13.2. The highest BCUT2D eigenvalue weighted by atomic mass is 35.5. The molecule has 0 spiro atoms. The van der Waals surface area contributed by atoms with Gasteiger partial charge in [0, 0.05) is 25.0 Å². The first kappa shape index (κ1) is 17.7. The van der Waals surface area contributed by atoms with Crippen molar-refractivity contribution in [2.24, 2.45) is 7.05 Å². The Balaban J connectivity index is 2.06. The Hall–Kier alpha value is -3.12. The molecule has 3 aromatic heterocycles. The molecule has 3 aromatic rings. The standard InChI is InChI=1S/C16H10ClF3N6/c1-25-15(17)11(14(24-25)16(18,19)20)8-10(9-21)12-5-7-26(23-12)13-4-2-3-6-22-13/h2-8H,1H3/b10-8+. The summed E-state index contributed by atoms with van der Waals surface area (Å²) in [6.45, 7) is 0. The lowest BCUT2D eigenvalue weighted by Gasteiger charge is -2.03. The van der Waals surface area contributed by atoms with Crippen LogP contribution < -0.4 is 0 Å². The highest BCUT2D eigenvalue weighted by Crippen LogP contribution is 2.36. The molecule has 26 heavy (non-hydrogen) atoms. The molecule has 0 radical (unpaired) electrons. The topological polar surface area (TPSA) is 72.3 Å². The molecule has 3 heterocycles. The van der Waals surface area contributed by atoms with Crippen LogP contribution in [0.2, 0.25) is 5.15 Å². The third-order valence-corrected chi connectivity index (χ3v) is 3.89. The summed E-state index contributed by atoms with van der Waals surface area (Å²) < 4.78 is 41.8.